The van der Waals surface area contributed by atoms with Gasteiger partial charge in [-0.15, -0.1) is 0 Å². The van der Waals surface area contributed by atoms with Crippen LogP contribution in [0.3, 0.4) is 0 Å². The fraction of sp³-hybridized carbons (Fsp3) is 0.471. The Morgan fingerprint density at radius 2 is 2.29 bits per heavy atom. The van der Waals surface area contributed by atoms with Crippen LogP contribution in [0.5, 0.6) is 0 Å². The molecular formula is C17H23N3O. The van der Waals surface area contributed by atoms with E-state index in [1.807, 2.05) is 30.5 Å². The summed E-state index contributed by atoms with van der Waals surface area (Å²) in [6, 6.07) is 8.37. The monoisotopic (exact) mass is 285 g/mol. The average Bonchev–Trinajstić information content (AvgIpc) is 3.12. The van der Waals surface area contributed by atoms with Crippen LogP contribution < -0.4 is 5.32 Å². The van der Waals surface area contributed by atoms with Gasteiger partial charge in [0.1, 0.15) is 0 Å². The highest BCUT2D eigenvalue weighted by atomic mass is 16.1. The first-order valence-electron chi connectivity index (χ1n) is 7.73. The lowest BCUT2D eigenvalue weighted by atomic mass is 10.1. The topological polar surface area (TPSA) is 48.1 Å². The van der Waals surface area contributed by atoms with Gasteiger partial charge >= 0.3 is 0 Å². The second-order valence-electron chi connectivity index (χ2n) is 6.23. The molecule has 2 heterocycles. The van der Waals surface area contributed by atoms with Gasteiger partial charge in [-0.25, -0.2) is 0 Å². The third-order valence-corrected chi connectivity index (χ3v) is 4.41. The molecule has 1 aromatic carbocycles. The molecule has 0 radical (unpaired) electrons. The molecule has 1 amide bonds. The van der Waals surface area contributed by atoms with Crippen LogP contribution in [0.15, 0.2) is 30.5 Å². The Hall–Kier alpha value is -1.81. The summed E-state index contributed by atoms with van der Waals surface area (Å²) in [5.74, 6) is 0.605. The number of carbonyl (C=O) groups is 1. The van der Waals surface area contributed by atoms with Gasteiger partial charge in [-0.05, 0) is 57.0 Å². The normalized spacial score (nSPS) is 19.5. The Bertz CT molecular complexity index is 632. The maximum absolute atomic E-state index is 12.2. The van der Waals surface area contributed by atoms with Gasteiger partial charge in [0.25, 0.3) is 5.91 Å². The van der Waals surface area contributed by atoms with Crippen LogP contribution in [0, 0.1) is 5.92 Å². The summed E-state index contributed by atoms with van der Waals surface area (Å²) >= 11 is 0. The van der Waals surface area contributed by atoms with E-state index in [0.29, 0.717) is 12.0 Å². The summed E-state index contributed by atoms with van der Waals surface area (Å²) < 4.78 is 0. The van der Waals surface area contributed by atoms with Gasteiger partial charge < -0.3 is 15.2 Å². The summed E-state index contributed by atoms with van der Waals surface area (Å²) in [5.41, 5.74) is 1.80. The van der Waals surface area contributed by atoms with E-state index in [1.165, 1.54) is 6.42 Å². The molecule has 1 aliphatic heterocycles. The van der Waals surface area contributed by atoms with Gasteiger partial charge in [-0.3, -0.25) is 4.79 Å². The van der Waals surface area contributed by atoms with Gasteiger partial charge in [0.15, 0.2) is 0 Å². The van der Waals surface area contributed by atoms with Crippen molar-refractivity contribution in [1.82, 2.24) is 15.2 Å². The van der Waals surface area contributed by atoms with Crippen LogP contribution in [0.2, 0.25) is 0 Å². The van der Waals surface area contributed by atoms with Crippen molar-refractivity contribution in [3.63, 3.8) is 0 Å². The zero-order valence-corrected chi connectivity index (χ0v) is 12.7. The summed E-state index contributed by atoms with van der Waals surface area (Å²) in [6.45, 7) is 7.47. The summed E-state index contributed by atoms with van der Waals surface area (Å²) in [4.78, 5) is 17.9. The second kappa shape index (κ2) is 5.90. The lowest BCUT2D eigenvalue weighted by molar-refractivity contribution is 0.0947. The molecule has 2 aromatic rings. The van der Waals surface area contributed by atoms with Crippen molar-refractivity contribution in [3.05, 3.63) is 36.0 Å². The van der Waals surface area contributed by atoms with Gasteiger partial charge in [0.05, 0.1) is 0 Å². The number of benzene rings is 1. The Balaban J connectivity index is 1.57. The minimum absolute atomic E-state index is 0.0288. The number of hydrogen-bond donors (Lipinski definition) is 2. The van der Waals surface area contributed by atoms with Crippen molar-refractivity contribution in [2.45, 2.75) is 26.3 Å². The van der Waals surface area contributed by atoms with E-state index in [-0.39, 0.29) is 5.91 Å². The predicted molar refractivity (Wildman–Crippen MR) is 85.4 cm³/mol. The number of likely N-dealkylation sites (tertiary alicyclic amines) is 1. The first-order valence-corrected chi connectivity index (χ1v) is 7.73. The van der Waals surface area contributed by atoms with Crippen molar-refractivity contribution in [2.24, 2.45) is 5.92 Å². The standard InChI is InChI=1S/C17H23N3O/c1-12(2)20-8-6-13(11-20)10-19-17(21)15-3-4-16-14(9-15)5-7-18-16/h3-5,7,9,12-13,18H,6,8,10-11H2,1-2H3,(H,19,21). The quantitative estimate of drug-likeness (QED) is 0.907. The van der Waals surface area contributed by atoms with Gasteiger partial charge in [0, 0.05) is 41.8 Å². The van der Waals surface area contributed by atoms with Gasteiger partial charge in [-0.1, -0.05) is 0 Å². The summed E-state index contributed by atoms with van der Waals surface area (Å²) in [5, 5.41) is 4.16. The van der Waals surface area contributed by atoms with E-state index in [1.54, 1.807) is 0 Å². The van der Waals surface area contributed by atoms with Crippen molar-refractivity contribution in [1.29, 1.82) is 0 Å². The van der Waals surface area contributed by atoms with Crippen LogP contribution in [-0.4, -0.2) is 41.5 Å². The first-order chi connectivity index (χ1) is 10.1. The molecule has 0 spiro atoms. The Labute approximate surface area is 125 Å². The van der Waals surface area contributed by atoms with E-state index < -0.39 is 0 Å². The van der Waals surface area contributed by atoms with Crippen LogP contribution in [-0.2, 0) is 0 Å². The number of aromatic nitrogens is 1. The molecule has 0 aliphatic carbocycles. The molecule has 0 saturated carbocycles. The summed E-state index contributed by atoms with van der Waals surface area (Å²) in [7, 11) is 0. The molecule has 1 saturated heterocycles. The SMILES string of the molecule is CC(C)N1CCC(CNC(=O)c2ccc3[nH]ccc3c2)C1. The summed E-state index contributed by atoms with van der Waals surface area (Å²) in [6.07, 6.45) is 3.07. The minimum Gasteiger partial charge on any atom is -0.361 e. The predicted octanol–water partition coefficient (Wildman–Crippen LogP) is 2.63. The number of fused-ring (bicyclic) bond motifs is 1. The van der Waals surface area contributed by atoms with Gasteiger partial charge in [0.2, 0.25) is 0 Å². The van der Waals surface area contributed by atoms with Crippen molar-refractivity contribution >= 4 is 16.8 Å². The number of nitrogens with one attached hydrogen (secondary N) is 2. The van der Waals surface area contributed by atoms with Crippen LogP contribution in [0.25, 0.3) is 10.9 Å². The third kappa shape index (κ3) is 3.10. The molecule has 4 nitrogen and oxygen atoms in total. The fourth-order valence-corrected chi connectivity index (χ4v) is 3.03. The Morgan fingerprint density at radius 1 is 1.43 bits per heavy atom. The highest BCUT2D eigenvalue weighted by molar-refractivity contribution is 5.98. The van der Waals surface area contributed by atoms with Crippen molar-refractivity contribution in [3.8, 4) is 0 Å². The van der Waals surface area contributed by atoms with E-state index in [4.69, 9.17) is 0 Å². The maximum atomic E-state index is 12.2. The largest absolute Gasteiger partial charge is 0.361 e. The molecule has 1 aromatic heterocycles. The molecule has 0 bridgehead atoms. The number of hydrogen-bond acceptors (Lipinski definition) is 2. The zero-order chi connectivity index (χ0) is 14.8. The molecule has 3 rings (SSSR count). The van der Waals surface area contributed by atoms with E-state index in [0.717, 1.165) is 36.1 Å². The first kappa shape index (κ1) is 14.1. The molecule has 1 unspecified atom stereocenters. The van der Waals surface area contributed by atoms with E-state index in [9.17, 15) is 4.79 Å². The molecule has 1 atom stereocenters. The molecule has 2 N–H and O–H groups in total. The molecule has 4 heteroatoms. The van der Waals surface area contributed by atoms with Crippen LogP contribution >= 0.6 is 0 Å². The smallest absolute Gasteiger partial charge is 0.251 e. The van der Waals surface area contributed by atoms with Crippen LogP contribution in [0.1, 0.15) is 30.6 Å². The van der Waals surface area contributed by atoms with Gasteiger partial charge in [-0.2, -0.15) is 0 Å². The Kier molecular flexibility index (Phi) is 3.97. The molecule has 112 valence electrons. The number of aromatic amines is 1. The highest BCUT2D eigenvalue weighted by Crippen LogP contribution is 2.18. The third-order valence-electron chi connectivity index (χ3n) is 4.41. The van der Waals surface area contributed by atoms with Crippen molar-refractivity contribution < 1.29 is 4.79 Å². The number of rotatable bonds is 4. The maximum Gasteiger partial charge on any atom is 0.251 e. The molecule has 1 fully saturated rings. The number of amides is 1. The molecular weight excluding hydrogens is 262 g/mol. The minimum atomic E-state index is 0.0288. The number of H-pyrrole nitrogens is 1. The molecule has 21 heavy (non-hydrogen) atoms. The Morgan fingerprint density at radius 3 is 3.05 bits per heavy atom. The lowest BCUT2D eigenvalue weighted by Gasteiger charge is -2.20. The van der Waals surface area contributed by atoms with E-state index >= 15 is 0 Å². The van der Waals surface area contributed by atoms with E-state index in [2.05, 4.69) is 29.0 Å². The average molecular weight is 285 g/mol. The number of nitrogens with zero attached hydrogens (tertiary/aromatic N) is 1. The number of carbonyl (C=O) groups excluding carboxylic acids is 1. The highest BCUT2D eigenvalue weighted by Gasteiger charge is 2.24. The molecule has 1 aliphatic rings. The zero-order valence-electron chi connectivity index (χ0n) is 12.7. The van der Waals surface area contributed by atoms with Crippen LogP contribution in [0.4, 0.5) is 0 Å². The van der Waals surface area contributed by atoms with Crippen molar-refractivity contribution in [2.75, 3.05) is 19.6 Å². The lowest BCUT2D eigenvalue weighted by Crippen LogP contribution is -2.32. The second-order valence-corrected chi connectivity index (χ2v) is 6.23. The fourth-order valence-electron chi connectivity index (χ4n) is 3.03.